The predicted octanol–water partition coefficient (Wildman–Crippen LogP) is 1.98. The second-order valence-electron chi connectivity index (χ2n) is 2.21. The summed E-state index contributed by atoms with van der Waals surface area (Å²) >= 11 is 4.18. The van der Waals surface area contributed by atoms with Gasteiger partial charge in [-0.1, -0.05) is 11.6 Å². The summed E-state index contributed by atoms with van der Waals surface area (Å²) in [5.74, 6) is 0. The summed E-state index contributed by atoms with van der Waals surface area (Å²) in [5.41, 5.74) is 0. The van der Waals surface area contributed by atoms with Crippen LogP contribution in [0.15, 0.2) is 29.2 Å². The Morgan fingerprint density at radius 2 is 2.00 bits per heavy atom. The lowest BCUT2D eigenvalue weighted by Crippen LogP contribution is -2.00. The Hall–Kier alpha value is -0.420. The van der Waals surface area contributed by atoms with Gasteiger partial charge in [-0.25, -0.2) is 4.21 Å². The number of benzene rings is 1. The number of halogens is 1. The molecule has 0 spiro atoms. The fraction of sp³-hybridized carbons (Fsp3) is 0.250. The number of hydrogen-bond acceptors (Lipinski definition) is 3. The second kappa shape index (κ2) is 5.34. The van der Waals surface area contributed by atoms with Crippen LogP contribution in [0.2, 0.25) is 5.02 Å². The van der Waals surface area contributed by atoms with E-state index in [4.69, 9.17) is 15.8 Å². The van der Waals surface area contributed by atoms with E-state index in [1.54, 1.807) is 24.3 Å². The molecule has 0 radical (unpaired) electrons. The molecule has 0 bridgehead atoms. The molecule has 0 amide bonds. The summed E-state index contributed by atoms with van der Waals surface area (Å²) < 4.78 is 20.7. The zero-order valence-electron chi connectivity index (χ0n) is 7.03. The minimum atomic E-state index is -1.48. The molecule has 72 valence electrons. The van der Waals surface area contributed by atoms with Crippen LogP contribution in [0.5, 0.6) is 0 Å². The van der Waals surface area contributed by atoms with E-state index >= 15 is 0 Å². The first-order valence-corrected chi connectivity index (χ1v) is 4.99. The largest absolute Gasteiger partial charge is 0.357 e. The van der Waals surface area contributed by atoms with E-state index in [2.05, 4.69) is 4.74 Å². The Morgan fingerprint density at radius 3 is 2.54 bits per heavy atom. The van der Waals surface area contributed by atoms with Gasteiger partial charge in [0, 0.05) is 12.1 Å². The third-order valence-electron chi connectivity index (χ3n) is 1.28. The van der Waals surface area contributed by atoms with Crippen molar-refractivity contribution in [3.8, 4) is 0 Å². The highest BCUT2D eigenvalue weighted by atomic mass is 35.5. The maximum atomic E-state index is 11.3. The smallest absolute Gasteiger partial charge is 0.191 e. The van der Waals surface area contributed by atoms with Crippen LogP contribution in [0.3, 0.4) is 0 Å². The van der Waals surface area contributed by atoms with Gasteiger partial charge in [-0.2, -0.15) is 0 Å². The highest BCUT2D eigenvalue weighted by molar-refractivity contribution is 7.80. The monoisotopic (exact) mass is 220 g/mol. The standard InChI is InChI=1S/C8H9ClO3S/c1-11-6-12-13(10)8-4-2-7(9)3-5-8/h2-5H,6H2,1H3. The first-order valence-electron chi connectivity index (χ1n) is 3.53. The van der Waals surface area contributed by atoms with Crippen LogP contribution in [-0.2, 0) is 20.0 Å². The Morgan fingerprint density at radius 1 is 1.38 bits per heavy atom. The lowest BCUT2D eigenvalue weighted by atomic mass is 10.4. The molecule has 0 aliphatic rings. The van der Waals surface area contributed by atoms with Gasteiger partial charge in [0.05, 0.1) is 4.90 Å². The summed E-state index contributed by atoms with van der Waals surface area (Å²) in [6.07, 6.45) is 0. The third-order valence-corrected chi connectivity index (χ3v) is 2.50. The number of hydrogen-bond donors (Lipinski definition) is 0. The van der Waals surface area contributed by atoms with Gasteiger partial charge >= 0.3 is 0 Å². The SMILES string of the molecule is COCOS(=O)c1ccc(Cl)cc1. The molecule has 0 aliphatic carbocycles. The Labute approximate surface area is 84.3 Å². The van der Waals surface area contributed by atoms with E-state index in [1.807, 2.05) is 0 Å². The van der Waals surface area contributed by atoms with Crippen LogP contribution in [-0.4, -0.2) is 18.1 Å². The van der Waals surface area contributed by atoms with Crippen LogP contribution in [0.1, 0.15) is 0 Å². The quantitative estimate of drug-likeness (QED) is 0.728. The lowest BCUT2D eigenvalue weighted by Gasteiger charge is -2.01. The highest BCUT2D eigenvalue weighted by Crippen LogP contribution is 2.13. The molecule has 0 saturated carbocycles. The molecule has 1 unspecified atom stereocenters. The van der Waals surface area contributed by atoms with Crippen LogP contribution < -0.4 is 0 Å². The molecule has 0 aliphatic heterocycles. The first kappa shape index (κ1) is 10.7. The first-order chi connectivity index (χ1) is 6.24. The summed E-state index contributed by atoms with van der Waals surface area (Å²) in [4.78, 5) is 0.571. The maximum Gasteiger partial charge on any atom is 0.191 e. The van der Waals surface area contributed by atoms with Gasteiger partial charge in [0.15, 0.2) is 17.9 Å². The molecule has 0 saturated heterocycles. The molecule has 0 fully saturated rings. The fourth-order valence-corrected chi connectivity index (χ4v) is 1.51. The highest BCUT2D eigenvalue weighted by Gasteiger charge is 2.02. The van der Waals surface area contributed by atoms with E-state index < -0.39 is 11.1 Å². The van der Waals surface area contributed by atoms with Gasteiger partial charge in [-0.3, -0.25) is 4.18 Å². The summed E-state index contributed by atoms with van der Waals surface area (Å²) in [7, 11) is 1.47. The zero-order chi connectivity index (χ0) is 9.68. The molecule has 1 aromatic rings. The Kier molecular flexibility index (Phi) is 4.38. The Bertz CT molecular complexity index is 286. The average Bonchev–Trinajstić information content (AvgIpc) is 2.15. The van der Waals surface area contributed by atoms with Crippen molar-refractivity contribution in [3.05, 3.63) is 29.3 Å². The van der Waals surface area contributed by atoms with Crippen molar-refractivity contribution in [1.82, 2.24) is 0 Å². The van der Waals surface area contributed by atoms with E-state index in [0.717, 1.165) is 0 Å². The van der Waals surface area contributed by atoms with Gasteiger partial charge in [-0.15, -0.1) is 0 Å². The second-order valence-corrected chi connectivity index (χ2v) is 3.83. The molecular weight excluding hydrogens is 212 g/mol. The fourth-order valence-electron chi connectivity index (χ4n) is 0.706. The molecule has 3 nitrogen and oxygen atoms in total. The predicted molar refractivity (Wildman–Crippen MR) is 50.8 cm³/mol. The normalized spacial score (nSPS) is 12.8. The molecule has 0 aromatic heterocycles. The maximum absolute atomic E-state index is 11.3. The van der Waals surface area contributed by atoms with Gasteiger partial charge in [-0.05, 0) is 24.3 Å². The molecular formula is C8H9ClO3S. The van der Waals surface area contributed by atoms with Crippen molar-refractivity contribution in [2.24, 2.45) is 0 Å². The van der Waals surface area contributed by atoms with Gasteiger partial charge in [0.1, 0.15) is 0 Å². The lowest BCUT2D eigenvalue weighted by molar-refractivity contribution is 0.0615. The molecule has 5 heteroatoms. The van der Waals surface area contributed by atoms with E-state index in [0.29, 0.717) is 9.92 Å². The molecule has 0 heterocycles. The van der Waals surface area contributed by atoms with Gasteiger partial charge in [0.25, 0.3) is 0 Å². The number of ether oxygens (including phenoxy) is 1. The van der Waals surface area contributed by atoms with Crippen molar-refractivity contribution >= 4 is 22.7 Å². The molecule has 1 atom stereocenters. The Balaban J connectivity index is 2.61. The van der Waals surface area contributed by atoms with Gasteiger partial charge < -0.3 is 4.74 Å². The van der Waals surface area contributed by atoms with Crippen LogP contribution >= 0.6 is 11.6 Å². The molecule has 13 heavy (non-hydrogen) atoms. The van der Waals surface area contributed by atoms with Crippen molar-refractivity contribution in [2.45, 2.75) is 4.90 Å². The molecule has 1 aromatic carbocycles. The number of methoxy groups -OCH3 is 1. The minimum Gasteiger partial charge on any atom is -0.357 e. The van der Waals surface area contributed by atoms with Gasteiger partial charge in [0.2, 0.25) is 0 Å². The third kappa shape index (κ3) is 3.44. The van der Waals surface area contributed by atoms with Crippen molar-refractivity contribution in [1.29, 1.82) is 0 Å². The van der Waals surface area contributed by atoms with Crippen molar-refractivity contribution in [2.75, 3.05) is 13.9 Å². The minimum absolute atomic E-state index is 0.00916. The summed E-state index contributed by atoms with van der Waals surface area (Å²) in [5, 5.41) is 0.604. The molecule has 1 rings (SSSR count). The summed E-state index contributed by atoms with van der Waals surface area (Å²) in [6, 6.07) is 6.61. The van der Waals surface area contributed by atoms with Crippen LogP contribution in [0, 0.1) is 0 Å². The summed E-state index contributed by atoms with van der Waals surface area (Å²) in [6.45, 7) is 0.00916. The zero-order valence-corrected chi connectivity index (χ0v) is 8.60. The van der Waals surface area contributed by atoms with Crippen LogP contribution in [0.25, 0.3) is 0 Å². The molecule has 0 N–H and O–H groups in total. The van der Waals surface area contributed by atoms with E-state index in [-0.39, 0.29) is 6.79 Å². The van der Waals surface area contributed by atoms with Crippen molar-refractivity contribution in [3.63, 3.8) is 0 Å². The van der Waals surface area contributed by atoms with E-state index in [1.165, 1.54) is 7.11 Å². The average molecular weight is 221 g/mol. The van der Waals surface area contributed by atoms with E-state index in [9.17, 15) is 4.21 Å². The van der Waals surface area contributed by atoms with Crippen LogP contribution in [0.4, 0.5) is 0 Å². The number of rotatable bonds is 4. The van der Waals surface area contributed by atoms with Crippen molar-refractivity contribution < 1.29 is 13.1 Å². The topological polar surface area (TPSA) is 35.5 Å².